The molecule has 0 nitrogen and oxygen atoms in total. The quantitative estimate of drug-likeness (QED) is 0.401. The Morgan fingerprint density at radius 1 is 2.17 bits per heavy atom. The molecule has 0 saturated heterocycles. The largest absolute Gasteiger partial charge is 0.385 e. The third kappa shape index (κ3) is 9.51. The van der Waals surface area contributed by atoms with E-state index in [0.717, 1.165) is 0 Å². The van der Waals surface area contributed by atoms with E-state index in [4.69, 9.17) is 1.28 Å². The third-order valence-corrected chi connectivity index (χ3v) is 1.91. The molecule has 0 aromatic rings. The molecule has 0 aliphatic heterocycles. The molecular weight excluding hydrogens is 269 g/mol. The fourth-order valence-electron chi connectivity index (χ4n) is 0.0325. The third-order valence-electron chi connectivity index (χ3n) is 0.142. The van der Waals surface area contributed by atoms with E-state index >= 15 is 0 Å². The van der Waals surface area contributed by atoms with Crippen LogP contribution in [0.4, 0.5) is 0 Å². The van der Waals surface area contributed by atoms with Crippen molar-refractivity contribution >= 4 is 51.0 Å². The van der Waals surface area contributed by atoms with Gasteiger partial charge in [0.05, 0.1) is 1.28 Å². The van der Waals surface area contributed by atoms with Crippen molar-refractivity contribution in [3.63, 3.8) is 0 Å². The molecule has 3 radical (unpaired) electrons. The smallest absolute Gasteiger partial charge is 0.0551 e. The topological polar surface area (TPSA) is 0 Å². The Hall–Kier alpha value is 2.21. The number of rotatable bonds is 2. The summed E-state index contributed by atoms with van der Waals surface area (Å²) >= 11 is 2.07. The van der Waals surface area contributed by atoms with Gasteiger partial charge < -0.3 is 16.0 Å². The van der Waals surface area contributed by atoms with Gasteiger partial charge in [-0.3, -0.25) is 0 Å². The second-order valence-electron chi connectivity index (χ2n) is 0.439. The minimum atomic E-state index is -0.582. The normalized spacial score (nSPS) is 14.0. The Morgan fingerprint density at radius 2 is 2.67 bits per heavy atom. The van der Waals surface area contributed by atoms with Gasteiger partial charge in [-0.2, -0.15) is 0 Å². The van der Waals surface area contributed by atoms with Gasteiger partial charge in [-0.25, -0.2) is 0 Å². The molecule has 0 fully saturated rings. The van der Waals surface area contributed by atoms with Crippen molar-refractivity contribution in [2.75, 3.05) is 0 Å². The molecule has 0 N–H and O–H groups in total. The summed E-state index contributed by atoms with van der Waals surface area (Å²) in [6.45, 7) is 3.67. The van der Waals surface area contributed by atoms with E-state index < -0.39 is 6.05 Å². The maximum atomic E-state index is 6.93. The van der Waals surface area contributed by atoms with Crippen molar-refractivity contribution in [3.05, 3.63) is 0 Å². The molecule has 0 bridgehead atoms. The first-order chi connectivity index (χ1) is 2.77. The van der Waals surface area contributed by atoms with E-state index in [9.17, 15) is 0 Å². The van der Waals surface area contributed by atoms with E-state index in [1.165, 1.54) is 0 Å². The molecule has 0 saturated carbocycles. The summed E-state index contributed by atoms with van der Waals surface area (Å²) in [4.78, 5) is 0. The molecule has 37 valence electrons. The summed E-state index contributed by atoms with van der Waals surface area (Å²) in [5.41, 5.74) is 0. The van der Waals surface area contributed by atoms with Crippen LogP contribution in [-0.4, -0.2) is 15.1 Å². The minimum Gasteiger partial charge on any atom is -0.385 e. The summed E-state index contributed by atoms with van der Waals surface area (Å²) in [6.07, 6.45) is 0. The van der Waals surface area contributed by atoms with E-state index in [-0.39, 0.29) is 16.5 Å². The number of halogens is 1. The van der Waals surface area contributed by atoms with Crippen LogP contribution < -0.4 is 0 Å². The van der Waals surface area contributed by atoms with E-state index in [1.807, 2.05) is 13.8 Å². The zero-order valence-electron chi connectivity index (χ0n) is 3.87. The molecule has 2 atom stereocenters. The molecule has 0 amide bonds. The molecule has 0 aliphatic carbocycles. The van der Waals surface area contributed by atoms with Crippen LogP contribution in [0.15, 0.2) is 0 Å². The molecule has 0 rings (SSSR count). The maximum Gasteiger partial charge on any atom is 0.0551 e. The van der Waals surface area contributed by atoms with Crippen molar-refractivity contribution < 1.29 is 16.5 Å². The molecule has 2 unspecified atom stereocenters. The van der Waals surface area contributed by atoms with Gasteiger partial charge in [0.25, 0.3) is 0 Å². The summed E-state index contributed by atoms with van der Waals surface area (Å²) in [5, 5.41) is 0. The van der Waals surface area contributed by atoms with Gasteiger partial charge in [-0.1, -0.05) is 22.0 Å². The Bertz CT molecular complexity index is 36.9. The molecule has 0 aliphatic rings. The average Bonchev–Trinajstić information content (AvgIpc) is 1.35. The summed E-state index contributed by atoms with van der Waals surface area (Å²) in [6, 6.07) is -0.582. The SMILES string of the molecule is [2H]P(I)[B][B-]P.[Ni]. The van der Waals surface area contributed by atoms with Crippen LogP contribution in [0.25, 0.3) is 0 Å². The first-order valence-electron chi connectivity index (χ1n) is 1.54. The van der Waals surface area contributed by atoms with Gasteiger partial charge in [0.2, 0.25) is 0 Å². The van der Waals surface area contributed by atoms with Crippen molar-refractivity contribution in [2.24, 2.45) is 0 Å². The molecule has 0 aromatic carbocycles. The minimum absolute atomic E-state index is 0. The van der Waals surface area contributed by atoms with E-state index in [1.54, 1.807) is 0 Å². The van der Waals surface area contributed by atoms with Crippen LogP contribution in [0.1, 0.15) is 0 Å². The van der Waals surface area contributed by atoms with Crippen LogP contribution in [0.5, 0.6) is 0 Å². The zero-order valence-corrected chi connectivity index (χ0v) is 8.07. The Morgan fingerprint density at radius 3 is 2.67 bits per heavy atom. The Kier molecular flexibility index (Phi) is 14.0. The van der Waals surface area contributed by atoms with Crippen LogP contribution in [-0.2, 0) is 16.5 Å². The molecule has 0 aromatic heterocycles. The van der Waals surface area contributed by atoms with Crippen LogP contribution in [0, 0.1) is 0 Å². The van der Waals surface area contributed by atoms with Crippen molar-refractivity contribution in [3.8, 4) is 0 Å². The van der Waals surface area contributed by atoms with E-state index in [2.05, 4.69) is 31.2 Å². The standard InChI is InChI=1S/B2H3IP2.Ni/c3-5-2-1-4;/h5H,4H2;/q-1;/i5D;. The van der Waals surface area contributed by atoms with Crippen LogP contribution in [0.2, 0.25) is 0 Å². The van der Waals surface area contributed by atoms with Crippen LogP contribution >= 0.6 is 37.2 Å². The molecule has 0 heterocycles. The Balaban J connectivity index is 0. The first kappa shape index (κ1) is 8.21. The van der Waals surface area contributed by atoms with Crippen molar-refractivity contribution in [2.45, 2.75) is 0 Å². The van der Waals surface area contributed by atoms with Gasteiger partial charge in [0.15, 0.2) is 0 Å². The molecular formula is H3B2INiP2-. The van der Waals surface area contributed by atoms with Gasteiger partial charge in [-0.05, 0) is 0 Å². The summed E-state index contributed by atoms with van der Waals surface area (Å²) in [5.74, 6) is 0. The average molecular weight is 273 g/mol. The second kappa shape index (κ2) is 10.2. The van der Waals surface area contributed by atoms with Gasteiger partial charge in [0.1, 0.15) is 0 Å². The second-order valence-corrected chi connectivity index (χ2v) is 2.99. The molecule has 6 heteroatoms. The maximum absolute atomic E-state index is 6.93. The van der Waals surface area contributed by atoms with Gasteiger partial charge in [0, 0.05) is 16.5 Å². The molecule has 0 spiro atoms. The zero-order chi connectivity index (χ0) is 4.99. The predicted octanol–water partition coefficient (Wildman–Crippen LogP) is 1.04. The fourth-order valence-corrected chi connectivity index (χ4v) is 1.96. The van der Waals surface area contributed by atoms with Gasteiger partial charge >= 0.3 is 0 Å². The summed E-state index contributed by atoms with van der Waals surface area (Å²) in [7, 11) is 2.43. The Labute approximate surface area is 68.4 Å². The first-order valence-corrected chi connectivity index (χ1v) is 5.51. The monoisotopic (exact) mass is 273 g/mol. The van der Waals surface area contributed by atoms with Crippen molar-refractivity contribution in [1.82, 2.24) is 0 Å². The fraction of sp³-hybridized carbons (Fsp3) is 0. The van der Waals surface area contributed by atoms with Crippen LogP contribution in [0.3, 0.4) is 0 Å². The molecule has 6 heavy (non-hydrogen) atoms. The van der Waals surface area contributed by atoms with Crippen molar-refractivity contribution in [1.29, 1.82) is 1.28 Å². The van der Waals surface area contributed by atoms with Gasteiger partial charge in [-0.15, -0.1) is 12.9 Å². The number of hydrogen-bond donors (Lipinski definition) is 0. The number of hydrogen-bond acceptors (Lipinski definition) is 0. The van der Waals surface area contributed by atoms with E-state index in [0.29, 0.717) is 0 Å². The summed E-state index contributed by atoms with van der Waals surface area (Å²) < 4.78 is 6.93. The predicted molar refractivity (Wildman–Crippen MR) is 43.6 cm³/mol.